The van der Waals surface area contributed by atoms with Gasteiger partial charge in [-0.15, -0.1) is 0 Å². The summed E-state index contributed by atoms with van der Waals surface area (Å²) in [6.45, 7) is -0.206. The van der Waals surface area contributed by atoms with Crippen molar-refractivity contribution in [2.75, 3.05) is 33.4 Å². The number of hydrogen-bond acceptors (Lipinski definition) is 3. The van der Waals surface area contributed by atoms with Crippen LogP contribution in [0.15, 0.2) is 12.1 Å². The molecular formula is C12H15F2N3O2. The minimum absolute atomic E-state index is 0.206. The molecule has 0 fully saturated rings. The fourth-order valence-electron chi connectivity index (χ4n) is 1.35. The Morgan fingerprint density at radius 2 is 1.74 bits per heavy atom. The quantitative estimate of drug-likeness (QED) is 0.823. The van der Waals surface area contributed by atoms with Gasteiger partial charge in [-0.2, -0.15) is 0 Å². The van der Waals surface area contributed by atoms with E-state index in [4.69, 9.17) is 5.73 Å². The van der Waals surface area contributed by atoms with Crippen molar-refractivity contribution in [3.05, 3.63) is 29.3 Å². The van der Waals surface area contributed by atoms with Crippen molar-refractivity contribution >= 4 is 17.5 Å². The van der Waals surface area contributed by atoms with Crippen LogP contribution in [-0.2, 0) is 4.79 Å². The first kappa shape index (κ1) is 14.9. The number of nitrogens with two attached hydrogens (primary N) is 1. The van der Waals surface area contributed by atoms with Gasteiger partial charge in [-0.05, 0) is 6.07 Å². The molecule has 0 unspecified atom stereocenters. The lowest BCUT2D eigenvalue weighted by Gasteiger charge is -2.19. The van der Waals surface area contributed by atoms with E-state index in [0.717, 1.165) is 11.0 Å². The van der Waals surface area contributed by atoms with Crippen LogP contribution in [0.2, 0.25) is 0 Å². The van der Waals surface area contributed by atoms with Crippen molar-refractivity contribution < 1.29 is 18.4 Å². The van der Waals surface area contributed by atoms with Gasteiger partial charge in [0, 0.05) is 27.2 Å². The standard InChI is InChI=1S/C12H15F2N3O2/c1-16(2)11(18)6-17(3)12(19)7-4-10(15)9(14)5-8(7)13/h4-5H,6,15H2,1-3H3. The van der Waals surface area contributed by atoms with Gasteiger partial charge in [0.15, 0.2) is 0 Å². The summed E-state index contributed by atoms with van der Waals surface area (Å²) >= 11 is 0. The maximum Gasteiger partial charge on any atom is 0.257 e. The number of amides is 2. The van der Waals surface area contributed by atoms with Crippen LogP contribution in [0.5, 0.6) is 0 Å². The highest BCUT2D eigenvalue weighted by Crippen LogP contribution is 2.17. The predicted molar refractivity (Wildman–Crippen MR) is 66.4 cm³/mol. The van der Waals surface area contributed by atoms with Crippen LogP contribution in [0.1, 0.15) is 10.4 Å². The van der Waals surface area contributed by atoms with E-state index in [-0.39, 0.29) is 23.7 Å². The van der Waals surface area contributed by atoms with Crippen LogP contribution in [0, 0.1) is 11.6 Å². The third-order valence-corrected chi connectivity index (χ3v) is 2.53. The van der Waals surface area contributed by atoms with E-state index in [2.05, 4.69) is 0 Å². The van der Waals surface area contributed by atoms with Gasteiger partial charge >= 0.3 is 0 Å². The molecule has 0 bridgehead atoms. The number of halogens is 2. The SMILES string of the molecule is CN(C)C(=O)CN(C)C(=O)c1cc(N)c(F)cc1F. The highest BCUT2D eigenvalue weighted by atomic mass is 19.1. The monoisotopic (exact) mass is 271 g/mol. The minimum atomic E-state index is -1.01. The van der Waals surface area contributed by atoms with Gasteiger partial charge in [0.2, 0.25) is 5.91 Å². The van der Waals surface area contributed by atoms with Crippen LogP contribution in [-0.4, -0.2) is 49.3 Å². The van der Waals surface area contributed by atoms with Crippen LogP contribution in [0.3, 0.4) is 0 Å². The Kier molecular flexibility index (Phi) is 4.42. The van der Waals surface area contributed by atoms with Gasteiger partial charge in [0.1, 0.15) is 11.6 Å². The van der Waals surface area contributed by atoms with Crippen molar-refractivity contribution in [2.45, 2.75) is 0 Å². The first-order valence-corrected chi connectivity index (χ1v) is 5.44. The Morgan fingerprint density at radius 3 is 2.26 bits per heavy atom. The lowest BCUT2D eigenvalue weighted by molar-refractivity contribution is -0.129. The molecule has 7 heteroatoms. The van der Waals surface area contributed by atoms with Crippen LogP contribution in [0.4, 0.5) is 14.5 Å². The molecule has 0 aromatic heterocycles. The van der Waals surface area contributed by atoms with Crippen LogP contribution >= 0.6 is 0 Å². The zero-order chi connectivity index (χ0) is 14.7. The van der Waals surface area contributed by atoms with Crippen LogP contribution < -0.4 is 5.73 Å². The molecule has 0 atom stereocenters. The van der Waals surface area contributed by atoms with Crippen molar-refractivity contribution in [1.29, 1.82) is 0 Å². The number of rotatable bonds is 3. The van der Waals surface area contributed by atoms with E-state index in [1.54, 1.807) is 0 Å². The van der Waals surface area contributed by atoms with Gasteiger partial charge < -0.3 is 15.5 Å². The highest BCUT2D eigenvalue weighted by Gasteiger charge is 2.20. The third-order valence-electron chi connectivity index (χ3n) is 2.53. The van der Waals surface area contributed by atoms with Gasteiger partial charge in [-0.3, -0.25) is 9.59 Å². The molecule has 0 aliphatic carbocycles. The summed E-state index contributed by atoms with van der Waals surface area (Å²) in [4.78, 5) is 25.7. The van der Waals surface area contributed by atoms with Gasteiger partial charge in [-0.1, -0.05) is 0 Å². The second-order valence-electron chi connectivity index (χ2n) is 4.30. The average molecular weight is 271 g/mol. The molecule has 1 aromatic carbocycles. The van der Waals surface area contributed by atoms with E-state index in [0.29, 0.717) is 6.07 Å². The Morgan fingerprint density at radius 1 is 1.16 bits per heavy atom. The van der Waals surface area contributed by atoms with Crippen molar-refractivity contribution in [3.63, 3.8) is 0 Å². The number of benzene rings is 1. The molecule has 0 heterocycles. The van der Waals surface area contributed by atoms with E-state index < -0.39 is 17.5 Å². The molecule has 2 N–H and O–H groups in total. The number of nitrogen functional groups attached to an aromatic ring is 1. The first-order valence-electron chi connectivity index (χ1n) is 5.44. The summed E-state index contributed by atoms with van der Waals surface area (Å²) in [6, 6.07) is 1.47. The molecule has 19 heavy (non-hydrogen) atoms. The maximum atomic E-state index is 13.5. The fourth-order valence-corrected chi connectivity index (χ4v) is 1.35. The molecule has 0 saturated heterocycles. The highest BCUT2D eigenvalue weighted by molar-refractivity contribution is 5.97. The Hall–Kier alpha value is -2.18. The third kappa shape index (κ3) is 3.40. The zero-order valence-corrected chi connectivity index (χ0v) is 10.9. The summed E-state index contributed by atoms with van der Waals surface area (Å²) in [6.07, 6.45) is 0. The number of carbonyl (C=O) groups excluding carboxylic acids is 2. The molecule has 0 aliphatic rings. The second-order valence-corrected chi connectivity index (χ2v) is 4.30. The molecular weight excluding hydrogens is 256 g/mol. The van der Waals surface area contributed by atoms with Gasteiger partial charge in [-0.25, -0.2) is 8.78 Å². The number of carbonyl (C=O) groups is 2. The van der Waals surface area contributed by atoms with Gasteiger partial charge in [0.05, 0.1) is 17.8 Å². The molecule has 104 valence electrons. The topological polar surface area (TPSA) is 66.6 Å². The molecule has 1 aromatic rings. The van der Waals surface area contributed by atoms with E-state index in [1.807, 2.05) is 0 Å². The molecule has 0 spiro atoms. The summed E-state index contributed by atoms with van der Waals surface area (Å²) in [7, 11) is 4.43. The van der Waals surface area contributed by atoms with Crippen molar-refractivity contribution in [1.82, 2.24) is 9.80 Å². The Labute approximate surface area is 109 Å². The van der Waals surface area contributed by atoms with E-state index in [1.165, 1.54) is 26.0 Å². The number of likely N-dealkylation sites (N-methyl/N-ethyl adjacent to an activating group) is 2. The molecule has 5 nitrogen and oxygen atoms in total. The smallest absolute Gasteiger partial charge is 0.257 e. The van der Waals surface area contributed by atoms with E-state index >= 15 is 0 Å². The zero-order valence-electron chi connectivity index (χ0n) is 10.9. The van der Waals surface area contributed by atoms with Crippen molar-refractivity contribution in [2.24, 2.45) is 0 Å². The fraction of sp³-hybridized carbons (Fsp3) is 0.333. The summed E-state index contributed by atoms with van der Waals surface area (Å²) < 4.78 is 26.5. The minimum Gasteiger partial charge on any atom is -0.396 e. The summed E-state index contributed by atoms with van der Waals surface area (Å²) in [5, 5.41) is 0. The molecule has 0 aliphatic heterocycles. The summed E-state index contributed by atoms with van der Waals surface area (Å²) in [5.74, 6) is -2.99. The normalized spacial score (nSPS) is 10.2. The average Bonchev–Trinajstić information content (AvgIpc) is 2.32. The lowest BCUT2D eigenvalue weighted by Crippen LogP contribution is -2.38. The number of nitrogens with zero attached hydrogens (tertiary/aromatic N) is 2. The first-order chi connectivity index (χ1) is 8.73. The van der Waals surface area contributed by atoms with Crippen LogP contribution in [0.25, 0.3) is 0 Å². The van der Waals surface area contributed by atoms with Gasteiger partial charge in [0.25, 0.3) is 5.91 Å². The molecule has 2 amide bonds. The number of hydrogen-bond donors (Lipinski definition) is 1. The molecule has 1 rings (SSSR count). The Bertz CT molecular complexity index is 518. The predicted octanol–water partition coefficient (Wildman–Crippen LogP) is 0.707. The maximum absolute atomic E-state index is 13.5. The van der Waals surface area contributed by atoms with Crippen molar-refractivity contribution in [3.8, 4) is 0 Å². The van der Waals surface area contributed by atoms with E-state index in [9.17, 15) is 18.4 Å². The Balaban J connectivity index is 2.94. The second kappa shape index (κ2) is 5.64. The number of anilines is 1. The molecule has 0 saturated carbocycles. The lowest BCUT2D eigenvalue weighted by atomic mass is 10.1. The largest absolute Gasteiger partial charge is 0.396 e. The summed E-state index contributed by atoms with van der Waals surface area (Å²) in [5.41, 5.74) is 4.60. The molecule has 0 radical (unpaired) electrons.